The van der Waals surface area contributed by atoms with Gasteiger partial charge in [0.05, 0.1) is 38.6 Å². The van der Waals surface area contributed by atoms with Crippen LogP contribution in [0.3, 0.4) is 0 Å². The number of methoxy groups -OCH3 is 1. The molecule has 2 unspecified atom stereocenters. The van der Waals surface area contributed by atoms with Gasteiger partial charge in [-0.1, -0.05) is 23.7 Å². The molecular formula is C14H22ClNO4. The van der Waals surface area contributed by atoms with Crippen molar-refractivity contribution >= 4 is 11.6 Å². The van der Waals surface area contributed by atoms with Gasteiger partial charge in [0.25, 0.3) is 0 Å². The lowest BCUT2D eigenvalue weighted by Crippen LogP contribution is -2.42. The van der Waals surface area contributed by atoms with Crippen LogP contribution < -0.4 is 5.32 Å². The van der Waals surface area contributed by atoms with E-state index in [1.54, 1.807) is 19.2 Å². The molecule has 20 heavy (non-hydrogen) atoms. The number of benzene rings is 1. The quantitative estimate of drug-likeness (QED) is 0.597. The number of nitrogens with one attached hydrogen (secondary N) is 1. The van der Waals surface area contributed by atoms with Gasteiger partial charge in [0.1, 0.15) is 0 Å². The van der Waals surface area contributed by atoms with Crippen LogP contribution in [0, 0.1) is 0 Å². The zero-order valence-electron chi connectivity index (χ0n) is 11.6. The second kappa shape index (κ2) is 10.1. The zero-order valence-corrected chi connectivity index (χ0v) is 12.3. The van der Waals surface area contributed by atoms with Gasteiger partial charge < -0.3 is 25.0 Å². The Morgan fingerprint density at radius 3 is 2.55 bits per heavy atom. The number of hydrogen-bond donors (Lipinski definition) is 3. The van der Waals surface area contributed by atoms with Crippen LogP contribution >= 0.6 is 11.6 Å². The van der Waals surface area contributed by atoms with Gasteiger partial charge in [-0.05, 0) is 17.7 Å². The molecule has 0 radical (unpaired) electrons. The third-order valence-corrected chi connectivity index (χ3v) is 2.97. The zero-order chi connectivity index (χ0) is 14.8. The minimum atomic E-state index is -0.631. The van der Waals surface area contributed by atoms with Gasteiger partial charge in [0, 0.05) is 18.7 Å². The van der Waals surface area contributed by atoms with Crippen molar-refractivity contribution in [3.05, 3.63) is 34.9 Å². The molecule has 0 spiro atoms. The Kier molecular flexibility index (Phi) is 8.77. The smallest absolute Gasteiger partial charge is 0.0897 e. The second-order valence-corrected chi connectivity index (χ2v) is 4.97. The number of aliphatic hydroxyl groups is 2. The van der Waals surface area contributed by atoms with Crippen molar-refractivity contribution in [3.63, 3.8) is 0 Å². The van der Waals surface area contributed by atoms with Crippen LogP contribution in [-0.4, -0.2) is 55.8 Å². The maximum atomic E-state index is 9.75. The Hall–Kier alpha value is -0.690. The topological polar surface area (TPSA) is 71.0 Å². The second-order valence-electron chi connectivity index (χ2n) is 4.54. The average molecular weight is 304 g/mol. The lowest BCUT2D eigenvalue weighted by molar-refractivity contribution is 0.0241. The number of hydrogen-bond acceptors (Lipinski definition) is 5. The Morgan fingerprint density at radius 2 is 1.95 bits per heavy atom. The molecule has 0 saturated carbocycles. The van der Waals surface area contributed by atoms with Crippen molar-refractivity contribution in [1.29, 1.82) is 0 Å². The highest BCUT2D eigenvalue weighted by Gasteiger charge is 2.10. The fraction of sp³-hybridized carbons (Fsp3) is 0.571. The molecule has 0 heterocycles. The molecule has 2 atom stereocenters. The van der Waals surface area contributed by atoms with Gasteiger partial charge >= 0.3 is 0 Å². The van der Waals surface area contributed by atoms with Gasteiger partial charge in [0.15, 0.2) is 0 Å². The predicted molar refractivity (Wildman–Crippen MR) is 77.9 cm³/mol. The van der Waals surface area contributed by atoms with E-state index >= 15 is 0 Å². The predicted octanol–water partition coefficient (Wildman–Crippen LogP) is 0.814. The van der Waals surface area contributed by atoms with Gasteiger partial charge in [0.2, 0.25) is 0 Å². The summed E-state index contributed by atoms with van der Waals surface area (Å²) in [6.07, 6.45) is -0.631. The molecule has 1 rings (SSSR count). The number of halogens is 1. The lowest BCUT2D eigenvalue weighted by Gasteiger charge is -2.18. The maximum Gasteiger partial charge on any atom is 0.0897 e. The van der Waals surface area contributed by atoms with Gasteiger partial charge in [-0.15, -0.1) is 0 Å². The molecule has 0 aliphatic carbocycles. The van der Waals surface area contributed by atoms with Crippen molar-refractivity contribution < 1.29 is 19.7 Å². The molecule has 1 aromatic rings. The summed E-state index contributed by atoms with van der Waals surface area (Å²) in [5.74, 6) is 0. The van der Waals surface area contributed by atoms with Crippen molar-refractivity contribution in [1.82, 2.24) is 5.32 Å². The first kappa shape index (κ1) is 17.4. The molecule has 0 saturated heterocycles. The van der Waals surface area contributed by atoms with Crippen molar-refractivity contribution in [2.24, 2.45) is 0 Å². The fourth-order valence-electron chi connectivity index (χ4n) is 1.63. The highest BCUT2D eigenvalue weighted by molar-refractivity contribution is 6.30. The third-order valence-electron chi connectivity index (χ3n) is 2.72. The number of aliphatic hydroxyl groups excluding tert-OH is 2. The summed E-state index contributed by atoms with van der Waals surface area (Å²) in [4.78, 5) is 0. The van der Waals surface area contributed by atoms with E-state index in [-0.39, 0.29) is 19.3 Å². The largest absolute Gasteiger partial charge is 0.395 e. The highest BCUT2D eigenvalue weighted by Crippen LogP contribution is 2.10. The van der Waals surface area contributed by atoms with Crippen molar-refractivity contribution in [3.8, 4) is 0 Å². The van der Waals surface area contributed by atoms with E-state index < -0.39 is 6.10 Å². The van der Waals surface area contributed by atoms with Crippen LogP contribution in [0.4, 0.5) is 0 Å². The molecule has 6 heteroatoms. The summed E-state index contributed by atoms with van der Waals surface area (Å²) in [6, 6.07) is 7.19. The minimum Gasteiger partial charge on any atom is -0.395 e. The van der Waals surface area contributed by atoms with Crippen LogP contribution in [0.5, 0.6) is 0 Å². The first-order valence-electron chi connectivity index (χ1n) is 6.49. The van der Waals surface area contributed by atoms with Crippen LogP contribution in [0.1, 0.15) is 5.56 Å². The molecule has 1 aromatic carbocycles. The molecule has 114 valence electrons. The summed E-state index contributed by atoms with van der Waals surface area (Å²) in [6.45, 7) is 1.35. The number of rotatable bonds is 10. The van der Waals surface area contributed by atoms with Crippen LogP contribution in [0.25, 0.3) is 0 Å². The molecule has 0 bridgehead atoms. The molecule has 0 aliphatic rings. The summed E-state index contributed by atoms with van der Waals surface area (Å²) >= 11 is 5.79. The molecule has 0 aliphatic heterocycles. The minimum absolute atomic E-state index is 0.0355. The lowest BCUT2D eigenvalue weighted by atomic mass is 10.2. The van der Waals surface area contributed by atoms with Crippen LogP contribution in [-0.2, 0) is 16.1 Å². The van der Waals surface area contributed by atoms with Crippen molar-refractivity contribution in [2.45, 2.75) is 18.8 Å². The van der Waals surface area contributed by atoms with E-state index in [1.807, 2.05) is 12.1 Å². The van der Waals surface area contributed by atoms with E-state index in [9.17, 15) is 5.11 Å². The van der Waals surface area contributed by atoms with Crippen molar-refractivity contribution in [2.75, 3.05) is 33.5 Å². The molecule has 0 aromatic heterocycles. The van der Waals surface area contributed by atoms with Crippen LogP contribution in [0.15, 0.2) is 24.3 Å². The maximum absolute atomic E-state index is 9.75. The SMILES string of the molecule is COCC(CO)NCC(O)COCc1ccc(Cl)cc1. The molecule has 3 N–H and O–H groups in total. The van der Waals surface area contributed by atoms with Gasteiger partial charge in [-0.2, -0.15) is 0 Å². The highest BCUT2D eigenvalue weighted by atomic mass is 35.5. The molecular weight excluding hydrogens is 282 g/mol. The van der Waals surface area contributed by atoms with E-state index in [0.29, 0.717) is 24.8 Å². The average Bonchev–Trinajstić information content (AvgIpc) is 2.45. The Balaban J connectivity index is 2.16. The molecule has 5 nitrogen and oxygen atoms in total. The Morgan fingerprint density at radius 1 is 1.25 bits per heavy atom. The first-order chi connectivity index (χ1) is 9.65. The third kappa shape index (κ3) is 7.19. The van der Waals surface area contributed by atoms with Crippen LogP contribution in [0.2, 0.25) is 5.02 Å². The van der Waals surface area contributed by atoms with E-state index in [2.05, 4.69) is 5.32 Å². The summed E-state index contributed by atoms with van der Waals surface area (Å²) in [5.41, 5.74) is 1.00. The first-order valence-corrected chi connectivity index (χ1v) is 6.87. The Labute approximate surface area is 124 Å². The number of ether oxygens (including phenoxy) is 2. The summed E-state index contributed by atoms with van der Waals surface area (Å²) < 4.78 is 10.4. The van der Waals surface area contributed by atoms with Gasteiger partial charge in [-0.25, -0.2) is 0 Å². The Bertz CT molecular complexity index is 361. The normalized spacial score (nSPS) is 14.2. The fourth-order valence-corrected chi connectivity index (χ4v) is 1.76. The van der Waals surface area contributed by atoms with E-state index in [1.165, 1.54) is 0 Å². The van der Waals surface area contributed by atoms with E-state index in [4.69, 9.17) is 26.2 Å². The van der Waals surface area contributed by atoms with E-state index in [0.717, 1.165) is 5.56 Å². The van der Waals surface area contributed by atoms with Gasteiger partial charge in [-0.3, -0.25) is 0 Å². The molecule has 0 amide bonds. The molecule has 0 fully saturated rings. The monoisotopic (exact) mass is 303 g/mol. The standard InChI is InChI=1S/C14H22ClNO4/c1-19-9-13(7-17)16-6-14(18)10-20-8-11-2-4-12(15)5-3-11/h2-5,13-14,16-18H,6-10H2,1H3. The summed E-state index contributed by atoms with van der Waals surface area (Å²) in [5, 5.41) is 22.5. The summed E-state index contributed by atoms with van der Waals surface area (Å²) in [7, 11) is 1.57.